The molecule has 0 fully saturated rings. The highest BCUT2D eigenvalue weighted by atomic mass is 16.1. The fraction of sp³-hybridized carbons (Fsp3) is 0.312. The zero-order chi connectivity index (χ0) is 14.9. The number of amides is 1. The van der Waals surface area contributed by atoms with E-state index in [9.17, 15) is 4.79 Å². The van der Waals surface area contributed by atoms with Crippen LogP contribution in [0, 0.1) is 0 Å². The van der Waals surface area contributed by atoms with Gasteiger partial charge in [-0.1, -0.05) is 19.4 Å². The van der Waals surface area contributed by atoms with Gasteiger partial charge in [-0.15, -0.1) is 0 Å². The number of hydrogen-bond acceptors (Lipinski definition) is 4. The third-order valence-corrected chi connectivity index (χ3v) is 3.01. The molecule has 0 unspecified atom stereocenters. The van der Waals surface area contributed by atoms with Gasteiger partial charge in [-0.25, -0.2) is 4.98 Å². The number of aromatic nitrogens is 2. The molecule has 5 nitrogen and oxygen atoms in total. The highest BCUT2D eigenvalue weighted by Gasteiger charge is 2.06. The predicted molar refractivity (Wildman–Crippen MR) is 83.0 cm³/mol. The van der Waals surface area contributed by atoms with E-state index in [4.69, 9.17) is 0 Å². The normalized spacial score (nSPS) is 10.1. The number of nitrogens with zero attached hydrogens (tertiary/aromatic N) is 2. The molecule has 0 bridgehead atoms. The van der Waals surface area contributed by atoms with Crippen molar-refractivity contribution in [3.05, 3.63) is 54.0 Å². The van der Waals surface area contributed by atoms with Gasteiger partial charge in [-0.3, -0.25) is 9.78 Å². The van der Waals surface area contributed by atoms with E-state index >= 15 is 0 Å². The average Bonchev–Trinajstić information content (AvgIpc) is 2.54. The van der Waals surface area contributed by atoms with Gasteiger partial charge in [0.15, 0.2) is 0 Å². The van der Waals surface area contributed by atoms with Crippen LogP contribution in [0.1, 0.15) is 35.8 Å². The van der Waals surface area contributed by atoms with Crippen LogP contribution in [0.5, 0.6) is 0 Å². The van der Waals surface area contributed by atoms with Crippen LogP contribution in [0.15, 0.2) is 42.7 Å². The van der Waals surface area contributed by atoms with Gasteiger partial charge in [0.2, 0.25) is 0 Å². The summed E-state index contributed by atoms with van der Waals surface area (Å²) in [5.41, 5.74) is 1.43. The van der Waals surface area contributed by atoms with Gasteiger partial charge < -0.3 is 10.6 Å². The molecule has 0 aliphatic carbocycles. The number of pyridine rings is 2. The third kappa shape index (κ3) is 4.87. The molecule has 2 aromatic heterocycles. The molecule has 0 aliphatic heterocycles. The Bertz CT molecular complexity index is 571. The summed E-state index contributed by atoms with van der Waals surface area (Å²) < 4.78 is 0. The molecule has 110 valence electrons. The molecule has 0 radical (unpaired) electrons. The SMILES string of the molecule is CCCCNc1cc(C(=O)NCc2ccccn2)ccn1. The maximum Gasteiger partial charge on any atom is 0.251 e. The van der Waals surface area contributed by atoms with Crippen LogP contribution in [0.2, 0.25) is 0 Å². The lowest BCUT2D eigenvalue weighted by atomic mass is 10.2. The number of rotatable bonds is 7. The molecule has 0 saturated carbocycles. The van der Waals surface area contributed by atoms with Crippen molar-refractivity contribution in [1.82, 2.24) is 15.3 Å². The summed E-state index contributed by atoms with van der Waals surface area (Å²) in [6, 6.07) is 9.10. The molecule has 5 heteroatoms. The van der Waals surface area contributed by atoms with Gasteiger partial charge in [-0.2, -0.15) is 0 Å². The largest absolute Gasteiger partial charge is 0.370 e. The number of anilines is 1. The first kappa shape index (κ1) is 15.0. The Balaban J connectivity index is 1.91. The van der Waals surface area contributed by atoms with Crippen LogP contribution in [0.4, 0.5) is 5.82 Å². The molecule has 1 amide bonds. The summed E-state index contributed by atoms with van der Waals surface area (Å²) in [6.07, 6.45) is 5.56. The summed E-state index contributed by atoms with van der Waals surface area (Å²) in [4.78, 5) is 20.5. The Labute approximate surface area is 124 Å². The van der Waals surface area contributed by atoms with Crippen LogP contribution in [0.3, 0.4) is 0 Å². The molecule has 0 aromatic carbocycles. The summed E-state index contributed by atoms with van der Waals surface area (Å²) in [7, 11) is 0. The fourth-order valence-electron chi connectivity index (χ4n) is 1.84. The van der Waals surface area contributed by atoms with Crippen LogP contribution in [-0.4, -0.2) is 22.4 Å². The van der Waals surface area contributed by atoms with Crippen molar-refractivity contribution in [2.24, 2.45) is 0 Å². The van der Waals surface area contributed by atoms with Gasteiger partial charge in [0.1, 0.15) is 5.82 Å². The zero-order valence-electron chi connectivity index (χ0n) is 12.2. The molecule has 2 aromatic rings. The molecule has 0 saturated heterocycles. The van der Waals surface area contributed by atoms with E-state index in [1.807, 2.05) is 18.2 Å². The summed E-state index contributed by atoms with van der Waals surface area (Å²) >= 11 is 0. The minimum atomic E-state index is -0.124. The van der Waals surface area contributed by atoms with E-state index in [1.54, 1.807) is 24.5 Å². The van der Waals surface area contributed by atoms with Gasteiger partial charge in [0.25, 0.3) is 5.91 Å². The van der Waals surface area contributed by atoms with E-state index in [0.29, 0.717) is 12.1 Å². The Hall–Kier alpha value is -2.43. The summed E-state index contributed by atoms with van der Waals surface area (Å²) in [5, 5.41) is 6.06. The third-order valence-electron chi connectivity index (χ3n) is 3.01. The van der Waals surface area contributed by atoms with Crippen molar-refractivity contribution in [3.8, 4) is 0 Å². The van der Waals surface area contributed by atoms with E-state index < -0.39 is 0 Å². The maximum atomic E-state index is 12.1. The standard InChI is InChI=1S/C16H20N4O/c1-2-3-8-18-15-11-13(7-10-19-15)16(21)20-12-14-6-4-5-9-17-14/h4-7,9-11H,2-3,8,12H2,1H3,(H,18,19)(H,20,21). The van der Waals surface area contributed by atoms with Crippen molar-refractivity contribution < 1.29 is 4.79 Å². The Kier molecular flexibility index (Phi) is 5.70. The highest BCUT2D eigenvalue weighted by Crippen LogP contribution is 2.07. The van der Waals surface area contributed by atoms with E-state index in [2.05, 4.69) is 27.5 Å². The van der Waals surface area contributed by atoms with Crippen LogP contribution < -0.4 is 10.6 Å². The van der Waals surface area contributed by atoms with E-state index in [-0.39, 0.29) is 5.91 Å². The number of carbonyl (C=O) groups excluding carboxylic acids is 1. The van der Waals surface area contributed by atoms with E-state index in [1.165, 1.54) is 0 Å². The van der Waals surface area contributed by atoms with Crippen molar-refractivity contribution in [1.29, 1.82) is 0 Å². The van der Waals surface area contributed by atoms with Gasteiger partial charge >= 0.3 is 0 Å². The van der Waals surface area contributed by atoms with Gasteiger partial charge in [0, 0.05) is 24.5 Å². The van der Waals surface area contributed by atoms with Crippen molar-refractivity contribution >= 4 is 11.7 Å². The second-order valence-electron chi connectivity index (χ2n) is 4.71. The first-order chi connectivity index (χ1) is 10.3. The smallest absolute Gasteiger partial charge is 0.251 e. The van der Waals surface area contributed by atoms with Crippen molar-refractivity contribution in [2.45, 2.75) is 26.3 Å². The second kappa shape index (κ2) is 7.99. The number of unbranched alkanes of at least 4 members (excludes halogenated alkanes) is 1. The lowest BCUT2D eigenvalue weighted by Crippen LogP contribution is -2.23. The highest BCUT2D eigenvalue weighted by molar-refractivity contribution is 5.94. The van der Waals surface area contributed by atoms with Gasteiger partial charge in [-0.05, 0) is 30.7 Å². The monoisotopic (exact) mass is 284 g/mol. The quantitative estimate of drug-likeness (QED) is 0.767. The zero-order valence-corrected chi connectivity index (χ0v) is 12.2. The Morgan fingerprint density at radius 3 is 2.86 bits per heavy atom. The molecule has 0 spiro atoms. The van der Waals surface area contributed by atoms with Crippen molar-refractivity contribution in [3.63, 3.8) is 0 Å². The fourth-order valence-corrected chi connectivity index (χ4v) is 1.84. The lowest BCUT2D eigenvalue weighted by Gasteiger charge is -2.07. The topological polar surface area (TPSA) is 66.9 Å². The molecule has 21 heavy (non-hydrogen) atoms. The van der Waals surface area contributed by atoms with E-state index in [0.717, 1.165) is 30.9 Å². The van der Waals surface area contributed by atoms with Crippen LogP contribution >= 0.6 is 0 Å². The van der Waals surface area contributed by atoms with Crippen molar-refractivity contribution in [2.75, 3.05) is 11.9 Å². The molecule has 2 N–H and O–H groups in total. The minimum absolute atomic E-state index is 0.124. The average molecular weight is 284 g/mol. The molecule has 2 heterocycles. The number of hydrogen-bond donors (Lipinski definition) is 2. The van der Waals surface area contributed by atoms with Crippen LogP contribution in [-0.2, 0) is 6.54 Å². The van der Waals surface area contributed by atoms with Crippen LogP contribution in [0.25, 0.3) is 0 Å². The Morgan fingerprint density at radius 2 is 2.10 bits per heavy atom. The summed E-state index contributed by atoms with van der Waals surface area (Å²) in [5.74, 6) is 0.607. The molecule has 0 aliphatic rings. The van der Waals surface area contributed by atoms with Gasteiger partial charge in [0.05, 0.1) is 12.2 Å². The predicted octanol–water partition coefficient (Wildman–Crippen LogP) is 2.62. The molecular formula is C16H20N4O. The first-order valence-electron chi connectivity index (χ1n) is 7.17. The minimum Gasteiger partial charge on any atom is -0.370 e. The lowest BCUT2D eigenvalue weighted by molar-refractivity contribution is 0.0950. The Morgan fingerprint density at radius 1 is 1.19 bits per heavy atom. The summed E-state index contributed by atoms with van der Waals surface area (Å²) in [6.45, 7) is 3.42. The number of nitrogens with one attached hydrogen (secondary N) is 2. The molecule has 0 atom stereocenters. The maximum absolute atomic E-state index is 12.1. The molecule has 2 rings (SSSR count). The first-order valence-corrected chi connectivity index (χ1v) is 7.17. The number of carbonyl (C=O) groups is 1. The molecular weight excluding hydrogens is 264 g/mol. The second-order valence-corrected chi connectivity index (χ2v) is 4.71.